The number of aryl methyl sites for hydroxylation is 2. The van der Waals surface area contributed by atoms with E-state index in [1.165, 1.54) is 0 Å². The molecule has 5 heteroatoms. The second kappa shape index (κ2) is 15.4. The van der Waals surface area contributed by atoms with Crippen LogP contribution in [0, 0.1) is 19.9 Å². The van der Waals surface area contributed by atoms with Crippen molar-refractivity contribution < 1.29 is 37.1 Å². The number of phenolic OH excluding ortho intramolecular Hbond substituents is 1. The SMILES string of the molecule is [2H]c1nc(-c2[c-]c(-c3cccc4c3nc(-c3cc(C)cc(C)c3O)n4-c3ccc(-c4ccccc4)cc3C(C)(C)C)cc(C(C)(C)C)c2)c([2H])c(-c2c([2H])c([2H])c([2H])c([2H])c2[2H])c1[2H].[Pt]. The number of aromatic nitrogens is 3. The number of rotatable bonds is 6. The molecule has 0 saturated heterocycles. The number of imidazole rings is 1. The first kappa shape index (κ1) is 30.6. The summed E-state index contributed by atoms with van der Waals surface area (Å²) in [4.78, 5) is 9.82. The molecule has 6 aromatic carbocycles. The van der Waals surface area contributed by atoms with Gasteiger partial charge in [0.2, 0.25) is 0 Å². The Kier molecular flexibility index (Phi) is 8.26. The van der Waals surface area contributed by atoms with Gasteiger partial charge in [0.25, 0.3) is 0 Å². The van der Waals surface area contributed by atoms with Crippen LogP contribution in [0.15, 0.2) is 139 Å². The normalized spacial score (nSPS) is 13.8. The third-order valence-corrected chi connectivity index (χ3v) is 10.1. The van der Waals surface area contributed by atoms with Gasteiger partial charge in [-0.25, -0.2) is 4.98 Å². The molecular formula is C52H48N3OPt-. The molecule has 0 radical (unpaired) electrons. The molecule has 0 unspecified atom stereocenters. The Labute approximate surface area is 362 Å². The van der Waals surface area contributed by atoms with Gasteiger partial charge in [-0.05, 0) is 93.9 Å². The molecule has 0 spiro atoms. The molecule has 2 aromatic heterocycles. The van der Waals surface area contributed by atoms with Crippen LogP contribution in [0.5, 0.6) is 5.75 Å². The quantitative estimate of drug-likeness (QED) is 0.169. The zero-order valence-electron chi connectivity index (χ0n) is 41.3. The van der Waals surface area contributed by atoms with E-state index in [1.807, 2.05) is 74.5 Å². The molecule has 0 atom stereocenters. The molecule has 288 valence electrons. The van der Waals surface area contributed by atoms with E-state index in [1.54, 1.807) is 0 Å². The molecule has 4 nitrogen and oxygen atoms in total. The summed E-state index contributed by atoms with van der Waals surface area (Å²) in [6, 6.07) is 30.0. The number of benzene rings is 6. The second-order valence-corrected chi connectivity index (χ2v) is 16.4. The van der Waals surface area contributed by atoms with E-state index >= 15 is 0 Å². The summed E-state index contributed by atoms with van der Waals surface area (Å²) in [5, 5.41) is 11.8. The molecule has 0 aliphatic rings. The number of hydrogen-bond acceptors (Lipinski definition) is 3. The van der Waals surface area contributed by atoms with Crippen LogP contribution in [0.4, 0.5) is 0 Å². The van der Waals surface area contributed by atoms with E-state index in [0.29, 0.717) is 39.2 Å². The molecule has 0 aliphatic carbocycles. The molecule has 0 amide bonds. The summed E-state index contributed by atoms with van der Waals surface area (Å²) in [6.45, 7) is 16.6. The van der Waals surface area contributed by atoms with Crippen LogP contribution in [0.3, 0.4) is 0 Å². The van der Waals surface area contributed by atoms with E-state index in [4.69, 9.17) is 14.6 Å². The summed E-state index contributed by atoms with van der Waals surface area (Å²) in [6.07, 6.45) is -0.518. The topological polar surface area (TPSA) is 50.9 Å². The van der Waals surface area contributed by atoms with Gasteiger partial charge < -0.3 is 5.11 Å². The van der Waals surface area contributed by atoms with Gasteiger partial charge >= 0.3 is 0 Å². The van der Waals surface area contributed by atoms with Gasteiger partial charge in [0.15, 0.2) is 0 Å². The third kappa shape index (κ3) is 7.76. The van der Waals surface area contributed by atoms with E-state index in [9.17, 15) is 6.48 Å². The number of para-hydroxylation sites is 1. The smallest absolute Gasteiger partial charge is 0.148 e. The first-order chi connectivity index (χ1) is 30.1. The summed E-state index contributed by atoms with van der Waals surface area (Å²) in [7, 11) is 0. The van der Waals surface area contributed by atoms with Crippen LogP contribution in [-0.2, 0) is 31.9 Å². The monoisotopic (exact) mass is 933 g/mol. The largest absolute Gasteiger partial charge is 0.507 e. The number of fused-ring (bicyclic) bond motifs is 1. The second-order valence-electron chi connectivity index (χ2n) is 16.4. The average Bonchev–Trinajstić information content (AvgIpc) is 3.64. The number of nitrogens with zero attached hydrogens (tertiary/aromatic N) is 3. The van der Waals surface area contributed by atoms with Crippen LogP contribution in [-0.4, -0.2) is 19.6 Å². The molecule has 8 rings (SSSR count). The van der Waals surface area contributed by atoms with Crippen molar-refractivity contribution in [3.8, 4) is 67.5 Å². The Morgan fingerprint density at radius 1 is 0.684 bits per heavy atom. The number of pyridine rings is 1. The molecule has 0 saturated carbocycles. The Hall–Kier alpha value is -5.57. The number of hydrogen-bond donors (Lipinski definition) is 1. The Morgan fingerprint density at radius 2 is 1.42 bits per heavy atom. The van der Waals surface area contributed by atoms with Crippen molar-refractivity contribution in [3.05, 3.63) is 168 Å². The van der Waals surface area contributed by atoms with E-state index in [-0.39, 0.29) is 55.1 Å². The minimum Gasteiger partial charge on any atom is -0.507 e. The molecule has 0 bridgehead atoms. The van der Waals surface area contributed by atoms with Gasteiger partial charge in [0.1, 0.15) is 11.6 Å². The van der Waals surface area contributed by atoms with Crippen LogP contribution in [0.1, 0.15) is 74.8 Å². The Balaban J connectivity index is 0.00000630. The predicted octanol–water partition coefficient (Wildman–Crippen LogP) is 13.5. The standard InChI is InChI=1S/C52H48N3O.Pt/c1-33-26-34(2)49(56)43(27-33)50-54-48-42(20-15-21-47(48)55(50)46-23-22-37(31-44(46)52(6,7)8)35-16-11-9-12-17-35)39-28-40(30-41(29-39)51(3,4)5)45-32-38(24-25-53-45)36-18-13-10-14-19-36;/h9-27,29-32,56H,1-8H3;/q-1;/i10D,13D,14D,18D,19D,24D,25D,32D;. The van der Waals surface area contributed by atoms with Crippen molar-refractivity contribution in [2.45, 2.75) is 66.2 Å². The third-order valence-electron chi connectivity index (χ3n) is 10.1. The van der Waals surface area contributed by atoms with Gasteiger partial charge in [0.05, 0.1) is 33.3 Å². The molecule has 0 fully saturated rings. The maximum Gasteiger partial charge on any atom is 0.148 e. The Bertz CT molecular complexity index is 3180. The van der Waals surface area contributed by atoms with E-state index < -0.39 is 47.8 Å². The maximum absolute atomic E-state index is 11.8. The van der Waals surface area contributed by atoms with Crippen molar-refractivity contribution in [2.24, 2.45) is 0 Å². The van der Waals surface area contributed by atoms with Gasteiger partial charge in [0, 0.05) is 32.9 Å². The van der Waals surface area contributed by atoms with Crippen LogP contribution < -0.4 is 0 Å². The zero-order valence-corrected chi connectivity index (χ0v) is 35.5. The first-order valence-electron chi connectivity index (χ1n) is 22.7. The van der Waals surface area contributed by atoms with Crippen LogP contribution in [0.2, 0.25) is 0 Å². The van der Waals surface area contributed by atoms with Gasteiger partial charge in [-0.1, -0.05) is 144 Å². The zero-order chi connectivity index (χ0) is 46.3. The van der Waals surface area contributed by atoms with Gasteiger partial charge in [-0.2, -0.15) is 0 Å². The Morgan fingerprint density at radius 3 is 2.14 bits per heavy atom. The first-order valence-corrected chi connectivity index (χ1v) is 18.7. The maximum atomic E-state index is 11.8. The van der Waals surface area contributed by atoms with Gasteiger partial charge in [-0.3, -0.25) is 9.55 Å². The minimum atomic E-state index is -0.605. The minimum absolute atomic E-state index is 0. The number of phenols is 1. The summed E-state index contributed by atoms with van der Waals surface area (Å²) in [5.74, 6) is 0.665. The molecular weight excluding hydrogens is 878 g/mol. The van der Waals surface area contributed by atoms with Crippen LogP contribution >= 0.6 is 0 Å². The van der Waals surface area contributed by atoms with E-state index in [0.717, 1.165) is 39.0 Å². The molecule has 8 aromatic rings. The van der Waals surface area contributed by atoms with Crippen molar-refractivity contribution in [2.75, 3.05) is 0 Å². The summed E-state index contributed by atoms with van der Waals surface area (Å²) < 4.78 is 71.2. The summed E-state index contributed by atoms with van der Waals surface area (Å²) in [5.41, 5.74) is 8.85. The van der Waals surface area contributed by atoms with Crippen LogP contribution in [0.25, 0.3) is 72.7 Å². The van der Waals surface area contributed by atoms with Crippen molar-refractivity contribution in [1.82, 2.24) is 14.5 Å². The molecule has 57 heavy (non-hydrogen) atoms. The molecule has 2 heterocycles. The molecule has 0 aliphatic heterocycles. The van der Waals surface area contributed by atoms with E-state index in [2.05, 4.69) is 87.5 Å². The van der Waals surface area contributed by atoms with Crippen molar-refractivity contribution in [3.63, 3.8) is 0 Å². The van der Waals surface area contributed by atoms with Crippen molar-refractivity contribution >= 4 is 11.0 Å². The summed E-state index contributed by atoms with van der Waals surface area (Å²) >= 11 is 0. The predicted molar refractivity (Wildman–Crippen MR) is 233 cm³/mol. The molecule has 1 N–H and O–H groups in total. The van der Waals surface area contributed by atoms with Gasteiger partial charge in [-0.15, -0.1) is 29.3 Å². The average molecular weight is 934 g/mol. The van der Waals surface area contributed by atoms with Crippen molar-refractivity contribution in [1.29, 1.82) is 0 Å². The fraction of sp³-hybridized carbons (Fsp3) is 0.192. The number of aromatic hydroxyl groups is 1. The fourth-order valence-corrected chi connectivity index (χ4v) is 7.23. The fourth-order valence-electron chi connectivity index (χ4n) is 7.23.